The lowest BCUT2D eigenvalue weighted by Crippen LogP contribution is -2.53. The summed E-state index contributed by atoms with van der Waals surface area (Å²) in [6.45, 7) is 3.98. The number of nitrogens with zero attached hydrogens (tertiary/aromatic N) is 5. The molecule has 1 aliphatic rings. The van der Waals surface area contributed by atoms with Gasteiger partial charge in [-0.1, -0.05) is 23.9 Å². The summed E-state index contributed by atoms with van der Waals surface area (Å²) >= 11 is 4.55. The van der Waals surface area contributed by atoms with Crippen LogP contribution in [0.3, 0.4) is 0 Å². The predicted octanol–water partition coefficient (Wildman–Crippen LogP) is 4.58. The Hall–Kier alpha value is -3.48. The third-order valence-electron chi connectivity index (χ3n) is 6.01. The Morgan fingerprint density at radius 1 is 1.20 bits per heavy atom. The van der Waals surface area contributed by atoms with Gasteiger partial charge < -0.3 is 14.2 Å². The van der Waals surface area contributed by atoms with Crippen molar-refractivity contribution < 1.29 is 37.0 Å². The minimum Gasteiger partial charge on any atom is -0.463 e. The van der Waals surface area contributed by atoms with Crippen molar-refractivity contribution in [3.63, 3.8) is 0 Å². The van der Waals surface area contributed by atoms with Crippen molar-refractivity contribution in [2.75, 3.05) is 6.61 Å². The van der Waals surface area contributed by atoms with Crippen LogP contribution in [-0.4, -0.2) is 56.2 Å². The number of aromatic nitrogens is 4. The monoisotopic (exact) mass is 639 g/mol. The highest BCUT2D eigenvalue weighted by Crippen LogP contribution is 2.43. The molecule has 40 heavy (non-hydrogen) atoms. The number of esters is 2. The van der Waals surface area contributed by atoms with Crippen molar-refractivity contribution in [2.45, 2.75) is 49.5 Å². The standard InChI is InChI=1S/C25H21BrF3N5O5S/c1-11-23(34-9-19(32-33-34)14-4-17(27)22(29)18(28)5-14)24(38-13(3)36)20(10-37-12(2)35)39-25(11)40-21-6-16(26)15(7-30)8-31-21/h4-6,8-9,11,20,23-25H,10H2,1-3H3/t11?,20?,23-,24+,25-/m1/s1. The first-order valence-corrected chi connectivity index (χ1v) is 13.4. The van der Waals surface area contributed by atoms with Gasteiger partial charge in [-0.05, 0) is 34.1 Å². The van der Waals surface area contributed by atoms with Gasteiger partial charge in [-0.3, -0.25) is 9.59 Å². The van der Waals surface area contributed by atoms with Gasteiger partial charge in [0, 0.05) is 36.0 Å². The lowest BCUT2D eigenvalue weighted by Gasteiger charge is -2.44. The highest BCUT2D eigenvalue weighted by atomic mass is 79.9. The molecule has 1 aliphatic heterocycles. The van der Waals surface area contributed by atoms with E-state index in [0.29, 0.717) is 15.1 Å². The Labute approximate surface area is 238 Å². The molecular weight excluding hydrogens is 619 g/mol. The molecule has 15 heteroatoms. The van der Waals surface area contributed by atoms with E-state index >= 15 is 0 Å². The van der Waals surface area contributed by atoms with Crippen LogP contribution in [0.2, 0.25) is 0 Å². The van der Waals surface area contributed by atoms with Crippen LogP contribution in [0.15, 0.2) is 40.1 Å². The molecule has 0 bridgehead atoms. The molecule has 10 nitrogen and oxygen atoms in total. The fourth-order valence-corrected chi connectivity index (χ4v) is 5.86. The van der Waals surface area contributed by atoms with E-state index < -0.39 is 59.0 Å². The van der Waals surface area contributed by atoms with Gasteiger partial charge in [-0.25, -0.2) is 22.8 Å². The summed E-state index contributed by atoms with van der Waals surface area (Å²) in [7, 11) is 0. The Bertz CT molecular complexity index is 1460. The van der Waals surface area contributed by atoms with Gasteiger partial charge in [0.2, 0.25) is 0 Å². The number of ether oxygens (including phenoxy) is 3. The second-order valence-corrected chi connectivity index (χ2v) is 10.8. The molecule has 0 saturated carbocycles. The van der Waals surface area contributed by atoms with E-state index in [4.69, 9.17) is 14.2 Å². The molecule has 3 aromatic rings. The molecule has 5 atom stereocenters. The van der Waals surface area contributed by atoms with Crippen molar-refractivity contribution in [3.05, 3.63) is 58.1 Å². The number of carbonyl (C=O) groups excluding carboxylic acids is 2. The molecule has 1 aromatic carbocycles. The van der Waals surface area contributed by atoms with Gasteiger partial charge >= 0.3 is 11.9 Å². The average Bonchev–Trinajstić information content (AvgIpc) is 3.37. The van der Waals surface area contributed by atoms with Crippen LogP contribution in [0.4, 0.5) is 13.2 Å². The van der Waals surface area contributed by atoms with E-state index in [1.807, 2.05) is 6.07 Å². The highest BCUT2D eigenvalue weighted by Gasteiger charge is 2.48. The van der Waals surface area contributed by atoms with E-state index in [9.17, 15) is 28.0 Å². The summed E-state index contributed by atoms with van der Waals surface area (Å²) in [5.41, 5.74) is -0.332. The molecular formula is C25H21BrF3N5O5S. The summed E-state index contributed by atoms with van der Waals surface area (Å²) in [6.07, 6.45) is 0.832. The highest BCUT2D eigenvalue weighted by molar-refractivity contribution is 9.10. The summed E-state index contributed by atoms with van der Waals surface area (Å²) in [5.74, 6) is -6.06. The van der Waals surface area contributed by atoms with Crippen LogP contribution in [0.5, 0.6) is 0 Å². The minimum absolute atomic E-state index is 0.0384. The maximum atomic E-state index is 13.9. The number of rotatable bonds is 7. The molecule has 0 radical (unpaired) electrons. The van der Waals surface area contributed by atoms with Gasteiger partial charge in [0.25, 0.3) is 0 Å². The van der Waals surface area contributed by atoms with Crippen molar-refractivity contribution >= 4 is 39.6 Å². The Kier molecular flexibility index (Phi) is 9.12. The SMILES string of the molecule is CC(=O)OCC1O[C@H](Sc2cc(Br)c(C#N)cn2)C(C)[C@@H](n2cc(-c3cc(F)c(F)c(F)c3)nn2)[C@H]1OC(C)=O. The van der Waals surface area contributed by atoms with Crippen molar-refractivity contribution in [2.24, 2.45) is 5.92 Å². The Balaban J connectivity index is 1.73. The molecule has 1 fully saturated rings. The molecule has 4 rings (SSSR count). The third kappa shape index (κ3) is 6.45. The molecule has 210 valence electrons. The molecule has 2 aromatic heterocycles. The Morgan fingerprint density at radius 2 is 1.90 bits per heavy atom. The molecule has 3 heterocycles. The zero-order valence-corrected chi connectivity index (χ0v) is 23.6. The van der Waals surface area contributed by atoms with Crippen molar-refractivity contribution in [1.29, 1.82) is 5.26 Å². The zero-order valence-electron chi connectivity index (χ0n) is 21.2. The number of hydrogen-bond donors (Lipinski definition) is 0. The number of carbonyl (C=O) groups is 2. The lowest BCUT2D eigenvalue weighted by atomic mass is 9.90. The number of halogens is 4. The van der Waals surface area contributed by atoms with E-state index in [0.717, 1.165) is 12.1 Å². The Morgan fingerprint density at radius 3 is 2.50 bits per heavy atom. The first-order chi connectivity index (χ1) is 19.0. The molecule has 1 saturated heterocycles. The summed E-state index contributed by atoms with van der Waals surface area (Å²) < 4.78 is 60.2. The fourth-order valence-electron chi connectivity index (χ4n) is 4.19. The quantitative estimate of drug-likeness (QED) is 0.267. The summed E-state index contributed by atoms with van der Waals surface area (Å²) in [6, 6.07) is 4.49. The topological polar surface area (TPSA) is 129 Å². The van der Waals surface area contributed by atoms with Crippen molar-refractivity contribution in [3.8, 4) is 17.3 Å². The van der Waals surface area contributed by atoms with Crippen LogP contribution >= 0.6 is 27.7 Å². The van der Waals surface area contributed by atoms with E-state index in [1.165, 1.54) is 42.7 Å². The number of benzene rings is 1. The predicted molar refractivity (Wildman–Crippen MR) is 137 cm³/mol. The maximum Gasteiger partial charge on any atom is 0.303 e. The first kappa shape index (κ1) is 29.5. The van der Waals surface area contributed by atoms with E-state index in [2.05, 4.69) is 31.2 Å². The largest absolute Gasteiger partial charge is 0.463 e. The van der Waals surface area contributed by atoms with Gasteiger partial charge in [0.15, 0.2) is 23.6 Å². The number of hydrogen-bond acceptors (Lipinski definition) is 10. The molecule has 0 spiro atoms. The van der Waals surface area contributed by atoms with Crippen LogP contribution < -0.4 is 0 Å². The number of pyridine rings is 1. The van der Waals surface area contributed by atoms with Crippen LogP contribution in [0, 0.1) is 34.7 Å². The van der Waals surface area contributed by atoms with Crippen LogP contribution in [-0.2, 0) is 23.8 Å². The van der Waals surface area contributed by atoms with Crippen molar-refractivity contribution in [1.82, 2.24) is 20.0 Å². The zero-order chi connectivity index (χ0) is 29.1. The smallest absolute Gasteiger partial charge is 0.303 e. The molecule has 0 aliphatic carbocycles. The maximum absolute atomic E-state index is 13.9. The second kappa shape index (κ2) is 12.4. The average molecular weight is 640 g/mol. The van der Waals surface area contributed by atoms with Gasteiger partial charge in [0.05, 0.1) is 22.8 Å². The van der Waals surface area contributed by atoms with Gasteiger partial charge in [0.1, 0.15) is 29.9 Å². The minimum atomic E-state index is -1.61. The lowest BCUT2D eigenvalue weighted by molar-refractivity contribution is -0.191. The normalized spacial score (nSPS) is 22.4. The van der Waals surface area contributed by atoms with E-state index in [-0.39, 0.29) is 17.9 Å². The number of nitriles is 1. The summed E-state index contributed by atoms with van der Waals surface area (Å²) in [4.78, 5) is 28.0. The second-order valence-electron chi connectivity index (χ2n) is 8.84. The molecule has 0 N–H and O–H groups in total. The van der Waals surface area contributed by atoms with Crippen LogP contribution in [0.1, 0.15) is 32.4 Å². The van der Waals surface area contributed by atoms with E-state index in [1.54, 1.807) is 13.0 Å². The third-order valence-corrected chi connectivity index (χ3v) is 7.91. The summed E-state index contributed by atoms with van der Waals surface area (Å²) in [5, 5.41) is 17.8. The number of thioether (sulfide) groups is 1. The first-order valence-electron chi connectivity index (χ1n) is 11.7. The fraction of sp³-hybridized carbons (Fsp3) is 0.360. The molecule has 0 amide bonds. The van der Waals surface area contributed by atoms with Gasteiger partial charge in [-0.2, -0.15) is 5.26 Å². The molecule has 2 unspecified atom stereocenters. The van der Waals surface area contributed by atoms with Crippen LogP contribution in [0.25, 0.3) is 11.3 Å². The van der Waals surface area contributed by atoms with Gasteiger partial charge in [-0.15, -0.1) is 5.10 Å².